The van der Waals surface area contributed by atoms with Gasteiger partial charge in [0.1, 0.15) is 0 Å². The summed E-state index contributed by atoms with van der Waals surface area (Å²) in [6, 6.07) is 0. The van der Waals surface area contributed by atoms with Crippen LogP contribution >= 0.6 is 0 Å². The van der Waals surface area contributed by atoms with Crippen LogP contribution in [0.15, 0.2) is 59.4 Å². The lowest BCUT2D eigenvalue weighted by molar-refractivity contribution is -0.132. The summed E-state index contributed by atoms with van der Waals surface area (Å²) in [7, 11) is 0. The van der Waals surface area contributed by atoms with E-state index >= 15 is 0 Å². The van der Waals surface area contributed by atoms with Gasteiger partial charge in [-0.1, -0.05) is 6.58 Å². The number of hydrogen-bond donors (Lipinski definition) is 3. The van der Waals surface area contributed by atoms with Crippen molar-refractivity contribution in [3.8, 4) is 0 Å². The number of carboxylic acid groups (broad SMARTS) is 1. The van der Waals surface area contributed by atoms with Crippen LogP contribution in [0.5, 0.6) is 0 Å². The Balaban J connectivity index is 2.15. The average Bonchev–Trinajstić information content (AvgIpc) is 3.24. The Bertz CT molecular complexity index is 603. The maximum Gasteiger partial charge on any atom is 0.337 e. The predicted molar refractivity (Wildman–Crippen MR) is 87.2 cm³/mol. The molecular weight excluding hydrogens is 278 g/mol. The zero-order valence-electron chi connectivity index (χ0n) is 13.1. The van der Waals surface area contributed by atoms with Gasteiger partial charge in [0.2, 0.25) is 0 Å². The van der Waals surface area contributed by atoms with Crippen molar-refractivity contribution in [2.45, 2.75) is 26.7 Å². The molecule has 0 unspecified atom stereocenters. The van der Waals surface area contributed by atoms with E-state index in [0.29, 0.717) is 23.9 Å². The molecule has 0 aromatic heterocycles. The van der Waals surface area contributed by atoms with Crippen LogP contribution < -0.4 is 11.1 Å². The molecule has 1 heterocycles. The van der Waals surface area contributed by atoms with Crippen LogP contribution in [0.2, 0.25) is 0 Å². The maximum absolute atomic E-state index is 11.4. The lowest BCUT2D eigenvalue weighted by atomic mass is 10.0. The molecular formula is C17H23N3O2. The molecule has 22 heavy (non-hydrogen) atoms. The van der Waals surface area contributed by atoms with Crippen LogP contribution in [0, 0.1) is 5.92 Å². The zero-order chi connectivity index (χ0) is 16.3. The molecule has 1 fully saturated rings. The quantitative estimate of drug-likeness (QED) is 0.702. The summed E-state index contributed by atoms with van der Waals surface area (Å²) in [5.74, 6) is -0.452. The largest absolute Gasteiger partial charge is 0.478 e. The topological polar surface area (TPSA) is 78.6 Å². The van der Waals surface area contributed by atoms with Crippen LogP contribution in [-0.4, -0.2) is 22.5 Å². The van der Waals surface area contributed by atoms with Crippen molar-refractivity contribution in [1.82, 2.24) is 10.2 Å². The standard InChI is InChI=1S/C17H23N3O2/c1-11(7-19-8-12(2)18)9-20-10-15(14-4-5-14)6-16(13(20)3)17(21)22/h6,8-10,14,19H,3-5,7,18H2,1-2H3,(H,21,22)/b11-9+,12-8-. The molecule has 1 aliphatic heterocycles. The Kier molecular flexibility index (Phi) is 4.75. The molecule has 5 nitrogen and oxygen atoms in total. The van der Waals surface area contributed by atoms with Gasteiger partial charge in [0.05, 0.1) is 11.3 Å². The number of aliphatic carboxylic acids is 1. The minimum absolute atomic E-state index is 0.263. The van der Waals surface area contributed by atoms with Gasteiger partial charge in [-0.05, 0) is 49.8 Å². The summed E-state index contributed by atoms with van der Waals surface area (Å²) in [5.41, 5.74) is 9.15. The zero-order valence-corrected chi connectivity index (χ0v) is 13.1. The molecule has 118 valence electrons. The fourth-order valence-corrected chi connectivity index (χ4v) is 2.26. The molecule has 2 rings (SSSR count). The SMILES string of the molecule is C=C1C(C(=O)O)=CC(C2CC2)=CN1/C=C(\C)CN/C=C(/C)N. The molecule has 5 heteroatoms. The highest BCUT2D eigenvalue weighted by molar-refractivity contribution is 5.92. The first-order valence-electron chi connectivity index (χ1n) is 7.35. The maximum atomic E-state index is 11.4. The van der Waals surface area contributed by atoms with E-state index in [-0.39, 0.29) is 5.57 Å². The fraction of sp³-hybridized carbons (Fsp3) is 0.353. The van der Waals surface area contributed by atoms with Crippen molar-refractivity contribution in [3.63, 3.8) is 0 Å². The predicted octanol–water partition coefficient (Wildman–Crippen LogP) is 2.43. The second kappa shape index (κ2) is 6.56. The van der Waals surface area contributed by atoms with Crippen molar-refractivity contribution < 1.29 is 9.90 Å². The monoisotopic (exact) mass is 301 g/mol. The van der Waals surface area contributed by atoms with Gasteiger partial charge < -0.3 is 21.1 Å². The molecule has 2 aliphatic rings. The van der Waals surface area contributed by atoms with Crippen LogP contribution in [-0.2, 0) is 4.79 Å². The molecule has 1 aliphatic carbocycles. The molecule has 4 N–H and O–H groups in total. The summed E-state index contributed by atoms with van der Waals surface area (Å²) in [4.78, 5) is 13.2. The number of carboxylic acids is 1. The molecule has 0 amide bonds. The molecule has 0 radical (unpaired) electrons. The molecule has 0 atom stereocenters. The first kappa shape index (κ1) is 15.9. The van der Waals surface area contributed by atoms with Crippen molar-refractivity contribution in [2.24, 2.45) is 11.7 Å². The van der Waals surface area contributed by atoms with Gasteiger partial charge in [0.15, 0.2) is 0 Å². The Hall–Kier alpha value is -2.43. The highest BCUT2D eigenvalue weighted by Gasteiger charge is 2.30. The third kappa shape index (κ3) is 4.04. The van der Waals surface area contributed by atoms with Crippen LogP contribution in [0.3, 0.4) is 0 Å². The van der Waals surface area contributed by atoms with E-state index in [1.54, 1.807) is 12.3 Å². The molecule has 0 spiro atoms. The molecule has 0 saturated heterocycles. The first-order chi connectivity index (χ1) is 10.4. The van der Waals surface area contributed by atoms with Crippen molar-refractivity contribution >= 4 is 5.97 Å². The number of rotatable bonds is 6. The lowest BCUT2D eigenvalue weighted by Crippen LogP contribution is -2.21. The molecule has 0 aromatic rings. The number of nitrogens with zero attached hydrogens (tertiary/aromatic N) is 1. The van der Waals surface area contributed by atoms with E-state index in [4.69, 9.17) is 5.73 Å². The Labute approximate surface area is 131 Å². The van der Waals surface area contributed by atoms with E-state index in [0.717, 1.165) is 24.0 Å². The van der Waals surface area contributed by atoms with Crippen molar-refractivity contribution in [2.75, 3.05) is 6.54 Å². The third-order valence-electron chi connectivity index (χ3n) is 3.57. The van der Waals surface area contributed by atoms with Gasteiger partial charge in [0, 0.05) is 30.8 Å². The van der Waals surface area contributed by atoms with Gasteiger partial charge in [-0.25, -0.2) is 4.79 Å². The normalized spacial score (nSPS) is 19.7. The van der Waals surface area contributed by atoms with E-state index in [1.165, 1.54) is 0 Å². The van der Waals surface area contributed by atoms with Crippen LogP contribution in [0.4, 0.5) is 0 Å². The summed E-state index contributed by atoms with van der Waals surface area (Å²) in [6.45, 7) is 8.33. The van der Waals surface area contributed by atoms with Gasteiger partial charge >= 0.3 is 5.97 Å². The van der Waals surface area contributed by atoms with Gasteiger partial charge in [0.25, 0.3) is 0 Å². The lowest BCUT2D eigenvalue weighted by Gasteiger charge is -2.25. The Morgan fingerprint density at radius 3 is 2.77 bits per heavy atom. The van der Waals surface area contributed by atoms with Crippen LogP contribution in [0.25, 0.3) is 0 Å². The van der Waals surface area contributed by atoms with Gasteiger partial charge in [-0.2, -0.15) is 0 Å². The summed E-state index contributed by atoms with van der Waals surface area (Å²) >= 11 is 0. The number of hydrogen-bond acceptors (Lipinski definition) is 4. The van der Waals surface area contributed by atoms with Crippen molar-refractivity contribution in [1.29, 1.82) is 0 Å². The second-order valence-electron chi connectivity index (χ2n) is 5.87. The first-order valence-corrected chi connectivity index (χ1v) is 7.35. The Morgan fingerprint density at radius 2 is 2.23 bits per heavy atom. The number of allylic oxidation sites excluding steroid dienone is 3. The van der Waals surface area contributed by atoms with E-state index in [9.17, 15) is 9.90 Å². The number of nitrogens with two attached hydrogens (primary N) is 1. The van der Waals surface area contributed by atoms with E-state index < -0.39 is 5.97 Å². The van der Waals surface area contributed by atoms with Crippen molar-refractivity contribution in [3.05, 3.63) is 59.4 Å². The minimum Gasteiger partial charge on any atom is -0.478 e. The van der Waals surface area contributed by atoms with Gasteiger partial charge in [-0.15, -0.1) is 0 Å². The Morgan fingerprint density at radius 1 is 1.55 bits per heavy atom. The minimum atomic E-state index is -0.938. The van der Waals surface area contributed by atoms with Gasteiger partial charge in [-0.3, -0.25) is 0 Å². The molecule has 0 aromatic carbocycles. The highest BCUT2D eigenvalue weighted by Crippen LogP contribution is 2.40. The summed E-state index contributed by atoms with van der Waals surface area (Å²) in [6.07, 6.45) is 9.64. The van der Waals surface area contributed by atoms with E-state index in [1.807, 2.05) is 31.1 Å². The molecule has 0 bridgehead atoms. The average molecular weight is 301 g/mol. The highest BCUT2D eigenvalue weighted by atomic mass is 16.4. The molecule has 1 saturated carbocycles. The second-order valence-corrected chi connectivity index (χ2v) is 5.87. The summed E-state index contributed by atoms with van der Waals surface area (Å²) in [5, 5.41) is 12.5. The van der Waals surface area contributed by atoms with E-state index in [2.05, 4.69) is 11.9 Å². The fourth-order valence-electron chi connectivity index (χ4n) is 2.26. The number of nitrogens with one attached hydrogen (secondary N) is 1. The third-order valence-corrected chi connectivity index (χ3v) is 3.57. The van der Waals surface area contributed by atoms with Crippen LogP contribution in [0.1, 0.15) is 26.7 Å². The smallest absolute Gasteiger partial charge is 0.337 e. The number of carbonyl (C=O) groups is 1. The summed E-state index contributed by atoms with van der Waals surface area (Å²) < 4.78 is 0.